The third-order valence-electron chi connectivity index (χ3n) is 3.07. The molecule has 3 aromatic rings. The fourth-order valence-electron chi connectivity index (χ4n) is 2.11. The number of rotatable bonds is 2. The number of carbonyl (C=O) groups is 1. The van der Waals surface area contributed by atoms with Crippen LogP contribution >= 0.6 is 0 Å². The molecule has 3 N–H and O–H groups in total. The minimum Gasteiger partial charge on any atom is -0.399 e. The van der Waals surface area contributed by atoms with Gasteiger partial charge >= 0.3 is 0 Å². The Morgan fingerprint density at radius 2 is 1.84 bits per heavy atom. The minimum atomic E-state index is -0.405. The third kappa shape index (κ3) is 1.87. The van der Waals surface area contributed by atoms with Gasteiger partial charge in [0.15, 0.2) is 5.78 Å². The summed E-state index contributed by atoms with van der Waals surface area (Å²) < 4.78 is 13.8. The third-order valence-corrected chi connectivity index (χ3v) is 3.07. The van der Waals surface area contributed by atoms with E-state index in [-0.39, 0.29) is 5.78 Å². The minimum absolute atomic E-state index is 0.226. The molecular weight excluding hydrogens is 243 g/mol. The molecule has 3 nitrogen and oxygen atoms in total. The average Bonchev–Trinajstić information content (AvgIpc) is 2.84. The van der Waals surface area contributed by atoms with E-state index in [4.69, 9.17) is 5.73 Å². The van der Waals surface area contributed by atoms with Crippen LogP contribution in [0.1, 0.15) is 15.9 Å². The molecule has 0 aliphatic heterocycles. The monoisotopic (exact) mass is 254 g/mol. The molecule has 0 unspecified atom stereocenters. The molecule has 0 aliphatic rings. The smallest absolute Gasteiger partial charge is 0.195 e. The Morgan fingerprint density at radius 3 is 2.58 bits per heavy atom. The van der Waals surface area contributed by atoms with E-state index in [0.29, 0.717) is 27.7 Å². The first-order chi connectivity index (χ1) is 9.16. The fourth-order valence-corrected chi connectivity index (χ4v) is 2.11. The summed E-state index contributed by atoms with van der Waals surface area (Å²) in [5.41, 5.74) is 7.59. The van der Waals surface area contributed by atoms with Gasteiger partial charge in [0.25, 0.3) is 0 Å². The lowest BCUT2D eigenvalue weighted by Crippen LogP contribution is -2.01. The molecule has 0 bridgehead atoms. The number of nitrogens with one attached hydrogen (secondary N) is 1. The number of nitrogens with two attached hydrogens (primary N) is 1. The van der Waals surface area contributed by atoms with Gasteiger partial charge in [-0.3, -0.25) is 4.79 Å². The largest absolute Gasteiger partial charge is 0.399 e. The van der Waals surface area contributed by atoms with Gasteiger partial charge in [0.05, 0.1) is 5.56 Å². The van der Waals surface area contributed by atoms with Gasteiger partial charge in [-0.15, -0.1) is 0 Å². The van der Waals surface area contributed by atoms with Crippen molar-refractivity contribution in [1.82, 2.24) is 4.98 Å². The van der Waals surface area contributed by atoms with Gasteiger partial charge in [0.1, 0.15) is 5.82 Å². The maximum atomic E-state index is 13.8. The molecule has 0 saturated heterocycles. The Bertz CT molecular complexity index is 759. The van der Waals surface area contributed by atoms with Crippen LogP contribution in [0.4, 0.5) is 10.1 Å². The van der Waals surface area contributed by atoms with Crippen molar-refractivity contribution < 1.29 is 9.18 Å². The summed E-state index contributed by atoms with van der Waals surface area (Å²) in [4.78, 5) is 15.3. The van der Waals surface area contributed by atoms with Crippen molar-refractivity contribution in [1.29, 1.82) is 0 Å². The summed E-state index contributed by atoms with van der Waals surface area (Å²) in [6.45, 7) is 0. The summed E-state index contributed by atoms with van der Waals surface area (Å²) in [5, 5.41) is 0.323. The number of H-pyrrole nitrogens is 1. The molecule has 0 radical (unpaired) electrons. The molecule has 0 saturated carbocycles. The van der Waals surface area contributed by atoms with E-state index in [1.54, 1.807) is 36.4 Å². The number of hydrogen-bond acceptors (Lipinski definition) is 2. The molecule has 0 aliphatic carbocycles. The van der Waals surface area contributed by atoms with Crippen LogP contribution in [0.2, 0.25) is 0 Å². The van der Waals surface area contributed by atoms with Gasteiger partial charge in [-0.1, -0.05) is 6.07 Å². The van der Waals surface area contributed by atoms with Crippen molar-refractivity contribution in [3.05, 3.63) is 65.6 Å². The topological polar surface area (TPSA) is 58.9 Å². The Hall–Kier alpha value is -2.62. The first-order valence-electron chi connectivity index (χ1n) is 5.82. The maximum absolute atomic E-state index is 13.8. The molecular formula is C15H11FN2O. The highest BCUT2D eigenvalue weighted by atomic mass is 19.1. The Kier molecular flexibility index (Phi) is 2.56. The summed E-state index contributed by atoms with van der Waals surface area (Å²) >= 11 is 0. The number of benzene rings is 2. The zero-order valence-electron chi connectivity index (χ0n) is 9.98. The lowest BCUT2D eigenvalue weighted by Gasteiger charge is -2.01. The highest BCUT2D eigenvalue weighted by Crippen LogP contribution is 2.24. The molecule has 2 aromatic carbocycles. The Labute approximate surface area is 108 Å². The maximum Gasteiger partial charge on any atom is 0.195 e. The standard InChI is InChI=1S/C15H11FN2O/c16-12-2-1-3-13-14(12)11(8-18-13)15(19)9-4-6-10(17)7-5-9/h1-8,18H,17H2. The van der Waals surface area contributed by atoms with E-state index in [1.807, 2.05) is 0 Å². The molecule has 94 valence electrons. The normalized spacial score (nSPS) is 10.8. The number of carbonyl (C=O) groups excluding carboxylic acids is 1. The fraction of sp³-hybridized carbons (Fsp3) is 0. The summed E-state index contributed by atoms with van der Waals surface area (Å²) in [7, 11) is 0. The van der Waals surface area contributed by atoms with Crippen LogP contribution in [0.25, 0.3) is 10.9 Å². The van der Waals surface area contributed by atoms with Gasteiger partial charge in [0, 0.05) is 28.4 Å². The van der Waals surface area contributed by atoms with E-state index < -0.39 is 5.82 Å². The summed E-state index contributed by atoms with van der Waals surface area (Å²) in [6.07, 6.45) is 1.53. The number of fused-ring (bicyclic) bond motifs is 1. The Morgan fingerprint density at radius 1 is 1.11 bits per heavy atom. The molecule has 4 heteroatoms. The van der Waals surface area contributed by atoms with Crippen LogP contribution < -0.4 is 5.73 Å². The molecule has 0 spiro atoms. The highest BCUT2D eigenvalue weighted by Gasteiger charge is 2.16. The van der Waals surface area contributed by atoms with Crippen LogP contribution in [0.3, 0.4) is 0 Å². The second kappa shape index (κ2) is 4.24. The first kappa shape index (κ1) is 11.5. The van der Waals surface area contributed by atoms with Gasteiger partial charge in [-0.2, -0.15) is 0 Å². The van der Waals surface area contributed by atoms with Crippen molar-refractivity contribution in [3.63, 3.8) is 0 Å². The van der Waals surface area contributed by atoms with E-state index in [1.165, 1.54) is 12.3 Å². The molecule has 1 aromatic heterocycles. The van der Waals surface area contributed by atoms with Crippen molar-refractivity contribution in [2.24, 2.45) is 0 Å². The number of aromatic nitrogens is 1. The van der Waals surface area contributed by atoms with E-state index in [2.05, 4.69) is 4.98 Å². The zero-order valence-corrected chi connectivity index (χ0v) is 9.98. The molecule has 0 amide bonds. The highest BCUT2D eigenvalue weighted by molar-refractivity contribution is 6.16. The van der Waals surface area contributed by atoms with Crippen molar-refractivity contribution in [3.8, 4) is 0 Å². The van der Waals surface area contributed by atoms with E-state index >= 15 is 0 Å². The number of ketones is 1. The van der Waals surface area contributed by atoms with Crippen molar-refractivity contribution >= 4 is 22.4 Å². The van der Waals surface area contributed by atoms with Crippen LogP contribution in [0.15, 0.2) is 48.7 Å². The number of anilines is 1. The second-order valence-electron chi connectivity index (χ2n) is 4.32. The van der Waals surface area contributed by atoms with Crippen molar-refractivity contribution in [2.45, 2.75) is 0 Å². The van der Waals surface area contributed by atoms with E-state index in [9.17, 15) is 9.18 Å². The lowest BCUT2D eigenvalue weighted by molar-refractivity contribution is 0.104. The van der Waals surface area contributed by atoms with Gasteiger partial charge in [-0.05, 0) is 36.4 Å². The molecule has 0 fully saturated rings. The SMILES string of the molecule is Nc1ccc(C(=O)c2c[nH]c3cccc(F)c23)cc1. The second-order valence-corrected chi connectivity index (χ2v) is 4.32. The van der Waals surface area contributed by atoms with Gasteiger partial charge < -0.3 is 10.7 Å². The predicted molar refractivity (Wildman–Crippen MR) is 72.5 cm³/mol. The number of nitrogen functional groups attached to an aromatic ring is 1. The predicted octanol–water partition coefficient (Wildman–Crippen LogP) is 3.12. The molecule has 1 heterocycles. The van der Waals surface area contributed by atoms with Crippen LogP contribution in [-0.4, -0.2) is 10.8 Å². The molecule has 19 heavy (non-hydrogen) atoms. The van der Waals surface area contributed by atoms with Crippen LogP contribution in [0, 0.1) is 5.82 Å². The lowest BCUT2D eigenvalue weighted by atomic mass is 10.0. The van der Waals surface area contributed by atoms with Crippen LogP contribution in [0.5, 0.6) is 0 Å². The van der Waals surface area contributed by atoms with Gasteiger partial charge in [-0.25, -0.2) is 4.39 Å². The van der Waals surface area contributed by atoms with Crippen LogP contribution in [-0.2, 0) is 0 Å². The number of halogens is 1. The van der Waals surface area contributed by atoms with Crippen molar-refractivity contribution in [2.75, 3.05) is 5.73 Å². The quantitative estimate of drug-likeness (QED) is 0.545. The Balaban J connectivity index is 2.14. The molecule has 3 rings (SSSR count). The summed E-state index contributed by atoms with van der Waals surface area (Å²) in [6, 6.07) is 11.3. The van der Waals surface area contributed by atoms with Gasteiger partial charge in [0.2, 0.25) is 0 Å². The molecule has 0 atom stereocenters. The average molecular weight is 254 g/mol. The van der Waals surface area contributed by atoms with E-state index in [0.717, 1.165) is 0 Å². The number of hydrogen-bond donors (Lipinski definition) is 2. The number of aromatic amines is 1. The summed E-state index contributed by atoms with van der Waals surface area (Å²) in [5.74, 6) is -0.631. The first-order valence-corrected chi connectivity index (χ1v) is 5.82. The zero-order chi connectivity index (χ0) is 13.4.